The van der Waals surface area contributed by atoms with Crippen LogP contribution in [0.1, 0.15) is 22.9 Å². The number of amidine groups is 2. The molecule has 1 N–H and O–H groups in total. The number of para-hydroxylation sites is 1. The van der Waals surface area contributed by atoms with Gasteiger partial charge in [-0.15, -0.1) is 0 Å². The number of fused-ring (bicyclic) bond motifs is 5. The molecule has 8 aromatic carbocycles. The summed E-state index contributed by atoms with van der Waals surface area (Å²) in [5.41, 5.74) is 9.29. The molecule has 4 heteroatoms. The highest BCUT2D eigenvalue weighted by atomic mass is 16.3. The average molecular weight is 654 g/mol. The van der Waals surface area contributed by atoms with Gasteiger partial charge in [0.25, 0.3) is 0 Å². The van der Waals surface area contributed by atoms with Gasteiger partial charge >= 0.3 is 0 Å². The molecule has 51 heavy (non-hydrogen) atoms. The van der Waals surface area contributed by atoms with Crippen molar-refractivity contribution in [3.8, 4) is 22.3 Å². The van der Waals surface area contributed by atoms with Gasteiger partial charge in [0.2, 0.25) is 0 Å². The van der Waals surface area contributed by atoms with Crippen molar-refractivity contribution in [2.24, 2.45) is 9.98 Å². The summed E-state index contributed by atoms with van der Waals surface area (Å²) in [5.74, 6) is 1.45. The minimum absolute atomic E-state index is 0.369. The van der Waals surface area contributed by atoms with Crippen LogP contribution in [0.25, 0.3) is 65.7 Å². The van der Waals surface area contributed by atoms with E-state index in [4.69, 9.17) is 14.4 Å². The standard InChI is InChI=1S/C47H31N3O/c1-3-12-30(13-4-1)33-22-23-35-29-36(25-24-34(35)28-33)45-48-46(39-20-11-17-31-16-7-8-18-37(31)39)50-47(49-45)41-27-26-38(32-14-5-2-6-15-32)44-43(41)40-19-9-10-21-42(40)51-44/h1-29,45H,(H,48,49,50). The zero-order chi connectivity index (χ0) is 33.7. The van der Waals surface area contributed by atoms with E-state index in [0.717, 1.165) is 71.8 Å². The minimum atomic E-state index is -0.369. The summed E-state index contributed by atoms with van der Waals surface area (Å²) in [6, 6.07) is 61.6. The fourth-order valence-corrected chi connectivity index (χ4v) is 7.41. The molecule has 10 rings (SSSR count). The second-order valence-electron chi connectivity index (χ2n) is 13.0. The Morgan fingerprint density at radius 3 is 2.02 bits per heavy atom. The third-order valence-corrected chi connectivity index (χ3v) is 9.93. The van der Waals surface area contributed by atoms with Gasteiger partial charge in [-0.2, -0.15) is 0 Å². The molecule has 2 heterocycles. The van der Waals surface area contributed by atoms with Crippen molar-refractivity contribution >= 4 is 55.2 Å². The van der Waals surface area contributed by atoms with Crippen molar-refractivity contribution < 1.29 is 4.42 Å². The summed E-state index contributed by atoms with van der Waals surface area (Å²) in [6.45, 7) is 0. The highest BCUT2D eigenvalue weighted by Gasteiger charge is 2.26. The zero-order valence-electron chi connectivity index (χ0n) is 27.6. The molecule has 0 aliphatic carbocycles. The molecule has 0 saturated heterocycles. The van der Waals surface area contributed by atoms with Crippen LogP contribution in [0.5, 0.6) is 0 Å². The predicted octanol–water partition coefficient (Wildman–Crippen LogP) is 11.7. The van der Waals surface area contributed by atoms with E-state index in [0.29, 0.717) is 5.84 Å². The Balaban J connectivity index is 1.15. The van der Waals surface area contributed by atoms with Gasteiger partial charge in [0.1, 0.15) is 23.2 Å². The van der Waals surface area contributed by atoms with Crippen LogP contribution in [0.15, 0.2) is 190 Å². The SMILES string of the molecule is c1ccc(-c2ccc3cc(C4N=C(c5cccc6ccccc56)N=C(c5ccc(-c6ccccc6)c6oc7ccccc7c56)N4)ccc3c2)cc1. The third-order valence-electron chi connectivity index (χ3n) is 9.93. The van der Waals surface area contributed by atoms with Gasteiger partial charge < -0.3 is 9.73 Å². The topological polar surface area (TPSA) is 49.9 Å². The molecule has 0 saturated carbocycles. The summed E-state index contributed by atoms with van der Waals surface area (Å²) in [4.78, 5) is 10.6. The molecular formula is C47H31N3O. The van der Waals surface area contributed by atoms with Crippen LogP contribution in [0, 0.1) is 0 Å². The first-order valence-corrected chi connectivity index (χ1v) is 17.3. The van der Waals surface area contributed by atoms with Gasteiger partial charge in [-0.05, 0) is 74.1 Å². The summed E-state index contributed by atoms with van der Waals surface area (Å²) in [5, 5.41) is 10.5. The fraction of sp³-hybridized carbons (Fsp3) is 0.0213. The summed E-state index contributed by atoms with van der Waals surface area (Å²) >= 11 is 0. The molecule has 0 bridgehead atoms. The highest BCUT2D eigenvalue weighted by molar-refractivity contribution is 6.24. The zero-order valence-corrected chi connectivity index (χ0v) is 27.6. The minimum Gasteiger partial charge on any atom is -0.455 e. The lowest BCUT2D eigenvalue weighted by Gasteiger charge is -2.25. The average Bonchev–Trinajstić information content (AvgIpc) is 3.60. The molecule has 0 radical (unpaired) electrons. The molecule has 0 fully saturated rings. The number of aliphatic imine (C=N–C) groups is 2. The second kappa shape index (κ2) is 12.0. The molecule has 1 aliphatic heterocycles. The predicted molar refractivity (Wildman–Crippen MR) is 211 cm³/mol. The Morgan fingerprint density at radius 1 is 0.471 bits per heavy atom. The van der Waals surface area contributed by atoms with Crippen LogP contribution < -0.4 is 5.32 Å². The normalized spacial score (nSPS) is 14.5. The molecule has 0 amide bonds. The Bertz CT molecular complexity index is 2830. The van der Waals surface area contributed by atoms with E-state index in [1.807, 2.05) is 18.2 Å². The molecular weight excluding hydrogens is 623 g/mol. The van der Waals surface area contributed by atoms with Crippen LogP contribution in [0.4, 0.5) is 0 Å². The van der Waals surface area contributed by atoms with Crippen LogP contribution in [-0.2, 0) is 0 Å². The third kappa shape index (κ3) is 5.08. The fourth-order valence-electron chi connectivity index (χ4n) is 7.41. The first-order valence-electron chi connectivity index (χ1n) is 17.3. The van der Waals surface area contributed by atoms with Gasteiger partial charge in [-0.25, -0.2) is 9.98 Å². The number of rotatable bonds is 5. The van der Waals surface area contributed by atoms with E-state index >= 15 is 0 Å². The first-order chi connectivity index (χ1) is 25.3. The number of benzene rings is 8. The van der Waals surface area contributed by atoms with E-state index in [1.54, 1.807) is 0 Å². The Hall–Kier alpha value is -6.78. The summed E-state index contributed by atoms with van der Waals surface area (Å²) < 4.78 is 6.63. The molecule has 1 atom stereocenters. The van der Waals surface area contributed by atoms with Crippen LogP contribution in [0.2, 0.25) is 0 Å². The van der Waals surface area contributed by atoms with Crippen LogP contribution in [0.3, 0.4) is 0 Å². The van der Waals surface area contributed by atoms with Crippen molar-refractivity contribution in [3.05, 3.63) is 193 Å². The quantitative estimate of drug-likeness (QED) is 0.201. The molecule has 240 valence electrons. The molecule has 4 nitrogen and oxygen atoms in total. The summed E-state index contributed by atoms with van der Waals surface area (Å²) in [7, 11) is 0. The lowest BCUT2D eigenvalue weighted by atomic mass is 9.97. The number of nitrogens with one attached hydrogen (secondary N) is 1. The van der Waals surface area contributed by atoms with Crippen molar-refractivity contribution in [3.63, 3.8) is 0 Å². The van der Waals surface area contributed by atoms with E-state index in [9.17, 15) is 0 Å². The Morgan fingerprint density at radius 2 is 1.16 bits per heavy atom. The smallest absolute Gasteiger partial charge is 0.160 e. The van der Waals surface area contributed by atoms with E-state index in [1.165, 1.54) is 16.5 Å². The number of hydrogen-bond donors (Lipinski definition) is 1. The Labute approximate surface area is 295 Å². The maximum absolute atomic E-state index is 6.63. The van der Waals surface area contributed by atoms with Crippen molar-refractivity contribution in [2.75, 3.05) is 0 Å². The van der Waals surface area contributed by atoms with Crippen molar-refractivity contribution in [2.45, 2.75) is 6.17 Å². The number of nitrogens with zero attached hydrogens (tertiary/aromatic N) is 2. The van der Waals surface area contributed by atoms with Gasteiger partial charge in [0.05, 0.1) is 0 Å². The van der Waals surface area contributed by atoms with Gasteiger partial charge in [-0.1, -0.05) is 146 Å². The van der Waals surface area contributed by atoms with E-state index in [2.05, 4.69) is 163 Å². The monoisotopic (exact) mass is 653 g/mol. The van der Waals surface area contributed by atoms with E-state index < -0.39 is 0 Å². The first kappa shape index (κ1) is 29.2. The van der Waals surface area contributed by atoms with Crippen molar-refractivity contribution in [1.29, 1.82) is 0 Å². The molecule has 1 unspecified atom stereocenters. The van der Waals surface area contributed by atoms with E-state index in [-0.39, 0.29) is 6.17 Å². The molecule has 1 aromatic heterocycles. The lowest BCUT2D eigenvalue weighted by molar-refractivity contribution is 0.669. The largest absolute Gasteiger partial charge is 0.455 e. The van der Waals surface area contributed by atoms with Gasteiger partial charge in [-0.3, -0.25) is 0 Å². The van der Waals surface area contributed by atoms with Gasteiger partial charge in [0.15, 0.2) is 5.84 Å². The number of furan rings is 1. The summed E-state index contributed by atoms with van der Waals surface area (Å²) in [6.07, 6.45) is -0.369. The van der Waals surface area contributed by atoms with Crippen molar-refractivity contribution in [1.82, 2.24) is 5.32 Å². The van der Waals surface area contributed by atoms with Crippen LogP contribution >= 0.6 is 0 Å². The molecule has 0 spiro atoms. The Kier molecular flexibility index (Phi) is 6.85. The lowest BCUT2D eigenvalue weighted by Crippen LogP contribution is -2.33. The maximum Gasteiger partial charge on any atom is 0.160 e. The van der Waals surface area contributed by atoms with Gasteiger partial charge in [0, 0.05) is 27.5 Å². The second-order valence-corrected chi connectivity index (χ2v) is 13.0. The molecule has 9 aromatic rings. The van der Waals surface area contributed by atoms with Crippen LogP contribution in [-0.4, -0.2) is 11.7 Å². The molecule has 1 aliphatic rings. The maximum atomic E-state index is 6.63. The highest BCUT2D eigenvalue weighted by Crippen LogP contribution is 2.39. The number of hydrogen-bond acceptors (Lipinski definition) is 4.